The molecule has 8 nitrogen and oxygen atoms in total. The molecule has 2 N–H and O–H groups in total. The van der Waals surface area contributed by atoms with E-state index in [1.54, 1.807) is 6.07 Å². The normalized spacial score (nSPS) is 17.9. The van der Waals surface area contributed by atoms with Crippen LogP contribution in [-0.2, 0) is 4.79 Å². The van der Waals surface area contributed by atoms with Gasteiger partial charge in [0.1, 0.15) is 0 Å². The molecule has 0 radical (unpaired) electrons. The summed E-state index contributed by atoms with van der Waals surface area (Å²) in [4.78, 5) is 34.8. The summed E-state index contributed by atoms with van der Waals surface area (Å²) in [7, 11) is 0. The Morgan fingerprint density at radius 1 is 1.41 bits per heavy atom. The highest BCUT2D eigenvalue weighted by Gasteiger charge is 2.28. The third kappa shape index (κ3) is 3.94. The van der Waals surface area contributed by atoms with Gasteiger partial charge in [-0.3, -0.25) is 14.9 Å². The number of amides is 2. The van der Waals surface area contributed by atoms with Crippen LogP contribution in [0.25, 0.3) is 0 Å². The number of hydrogen-bond donors (Lipinski definition) is 2. The average molecular weight is 372 g/mol. The van der Waals surface area contributed by atoms with Gasteiger partial charge in [0.05, 0.1) is 16.5 Å². The molecular weight excluding hydrogens is 358 g/mol. The van der Waals surface area contributed by atoms with Gasteiger partial charge < -0.3 is 15.3 Å². The summed E-state index contributed by atoms with van der Waals surface area (Å²) < 4.78 is 0.471. The zero-order valence-electron chi connectivity index (χ0n) is 11.5. The van der Waals surface area contributed by atoms with E-state index in [1.807, 2.05) is 0 Å². The van der Waals surface area contributed by atoms with Crippen molar-refractivity contribution in [2.45, 2.75) is 12.8 Å². The number of carbonyl (C=O) groups excluding carboxylic acids is 1. The highest BCUT2D eigenvalue weighted by Crippen LogP contribution is 2.25. The second-order valence-corrected chi connectivity index (χ2v) is 5.92. The Bertz CT molecular complexity index is 622. The third-order valence-corrected chi connectivity index (χ3v) is 3.86. The number of hydrogen-bond acceptors (Lipinski definition) is 4. The average Bonchev–Trinajstić information content (AvgIpc) is 2.46. The van der Waals surface area contributed by atoms with Gasteiger partial charge in [-0.05, 0) is 18.9 Å². The summed E-state index contributed by atoms with van der Waals surface area (Å²) >= 11 is 3.15. The van der Waals surface area contributed by atoms with Gasteiger partial charge in [0, 0.05) is 29.7 Å². The monoisotopic (exact) mass is 371 g/mol. The van der Waals surface area contributed by atoms with Crippen LogP contribution >= 0.6 is 15.9 Å². The first kappa shape index (κ1) is 16.2. The Balaban J connectivity index is 2.08. The summed E-state index contributed by atoms with van der Waals surface area (Å²) in [6, 6.07) is 3.67. The van der Waals surface area contributed by atoms with Gasteiger partial charge in [-0.1, -0.05) is 15.9 Å². The molecule has 1 fully saturated rings. The van der Waals surface area contributed by atoms with E-state index in [4.69, 9.17) is 5.11 Å². The molecule has 1 aromatic carbocycles. The van der Waals surface area contributed by atoms with Gasteiger partial charge in [0.15, 0.2) is 0 Å². The van der Waals surface area contributed by atoms with Crippen LogP contribution in [0.3, 0.4) is 0 Å². The maximum Gasteiger partial charge on any atom is 0.321 e. The Hall–Kier alpha value is -2.16. The van der Waals surface area contributed by atoms with Crippen molar-refractivity contribution >= 4 is 39.3 Å². The number of nitrogens with one attached hydrogen (secondary N) is 1. The molecule has 0 spiro atoms. The summed E-state index contributed by atoms with van der Waals surface area (Å²) in [6.07, 6.45) is 1.16. The van der Waals surface area contributed by atoms with Crippen molar-refractivity contribution in [2.75, 3.05) is 18.4 Å². The van der Waals surface area contributed by atoms with Gasteiger partial charge >= 0.3 is 12.0 Å². The Morgan fingerprint density at radius 2 is 2.14 bits per heavy atom. The van der Waals surface area contributed by atoms with Crippen molar-refractivity contribution in [1.82, 2.24) is 4.90 Å². The van der Waals surface area contributed by atoms with Crippen LogP contribution in [0.5, 0.6) is 0 Å². The number of non-ortho nitro benzene ring substituents is 1. The zero-order valence-corrected chi connectivity index (χ0v) is 13.1. The number of anilines is 1. The van der Waals surface area contributed by atoms with Crippen LogP contribution < -0.4 is 5.32 Å². The molecule has 0 aromatic heterocycles. The summed E-state index contributed by atoms with van der Waals surface area (Å²) in [6.45, 7) is 0.600. The smallest absolute Gasteiger partial charge is 0.321 e. The summed E-state index contributed by atoms with van der Waals surface area (Å²) in [5, 5.41) is 22.4. The molecule has 0 saturated carbocycles. The molecule has 0 bridgehead atoms. The van der Waals surface area contributed by atoms with Crippen molar-refractivity contribution in [3.63, 3.8) is 0 Å². The number of nitrogens with zero attached hydrogens (tertiary/aromatic N) is 2. The van der Waals surface area contributed by atoms with Crippen molar-refractivity contribution in [3.05, 3.63) is 32.8 Å². The number of rotatable bonds is 3. The first-order valence-electron chi connectivity index (χ1n) is 6.60. The first-order chi connectivity index (χ1) is 10.4. The predicted octanol–water partition coefficient (Wildman–Crippen LogP) is 2.69. The second-order valence-electron chi connectivity index (χ2n) is 5.01. The van der Waals surface area contributed by atoms with E-state index in [0.717, 1.165) is 0 Å². The number of carboxylic acids is 1. The lowest BCUT2D eigenvalue weighted by atomic mass is 9.99. The number of nitro groups is 1. The van der Waals surface area contributed by atoms with Crippen LogP contribution in [-0.4, -0.2) is 40.0 Å². The molecule has 1 aliphatic heterocycles. The number of piperidine rings is 1. The molecule has 1 aliphatic rings. The minimum Gasteiger partial charge on any atom is -0.481 e. The second kappa shape index (κ2) is 6.73. The van der Waals surface area contributed by atoms with Crippen molar-refractivity contribution in [2.24, 2.45) is 5.92 Å². The number of carboxylic acid groups (broad SMARTS) is 1. The topological polar surface area (TPSA) is 113 Å². The lowest BCUT2D eigenvalue weighted by molar-refractivity contribution is -0.384. The zero-order chi connectivity index (χ0) is 16.3. The fourth-order valence-electron chi connectivity index (χ4n) is 2.32. The van der Waals surface area contributed by atoms with Crippen LogP contribution in [0, 0.1) is 16.0 Å². The highest BCUT2D eigenvalue weighted by molar-refractivity contribution is 9.10. The number of nitro benzene ring substituents is 1. The Labute approximate surface area is 134 Å². The molecule has 1 saturated heterocycles. The molecule has 118 valence electrons. The van der Waals surface area contributed by atoms with Gasteiger partial charge in [-0.15, -0.1) is 0 Å². The first-order valence-corrected chi connectivity index (χ1v) is 7.40. The number of likely N-dealkylation sites (tertiary alicyclic amines) is 1. The van der Waals surface area contributed by atoms with Crippen molar-refractivity contribution in [3.8, 4) is 0 Å². The molecule has 22 heavy (non-hydrogen) atoms. The maximum absolute atomic E-state index is 12.2. The minimum absolute atomic E-state index is 0.136. The predicted molar refractivity (Wildman–Crippen MR) is 81.7 cm³/mol. The Kier molecular flexibility index (Phi) is 4.96. The van der Waals surface area contributed by atoms with Gasteiger partial charge in [-0.2, -0.15) is 0 Å². The maximum atomic E-state index is 12.2. The molecule has 2 rings (SSSR count). The fourth-order valence-corrected chi connectivity index (χ4v) is 2.80. The molecule has 2 amide bonds. The van der Waals surface area contributed by atoms with E-state index < -0.39 is 22.8 Å². The number of halogens is 1. The van der Waals surface area contributed by atoms with Gasteiger partial charge in [0.2, 0.25) is 0 Å². The minimum atomic E-state index is -0.921. The molecular formula is C13H14BrN3O5. The molecule has 1 aromatic rings. The molecule has 1 atom stereocenters. The fraction of sp³-hybridized carbons (Fsp3) is 0.385. The largest absolute Gasteiger partial charge is 0.481 e. The third-order valence-electron chi connectivity index (χ3n) is 3.40. The van der Waals surface area contributed by atoms with E-state index in [0.29, 0.717) is 23.9 Å². The van der Waals surface area contributed by atoms with E-state index in [1.165, 1.54) is 17.0 Å². The van der Waals surface area contributed by atoms with Gasteiger partial charge in [-0.25, -0.2) is 4.79 Å². The number of carbonyl (C=O) groups is 2. The highest BCUT2D eigenvalue weighted by atomic mass is 79.9. The van der Waals surface area contributed by atoms with Gasteiger partial charge in [0.25, 0.3) is 5.69 Å². The van der Waals surface area contributed by atoms with E-state index >= 15 is 0 Å². The molecule has 1 unspecified atom stereocenters. The van der Waals surface area contributed by atoms with E-state index in [-0.39, 0.29) is 17.9 Å². The van der Waals surface area contributed by atoms with Crippen molar-refractivity contribution in [1.29, 1.82) is 0 Å². The lowest BCUT2D eigenvalue weighted by Gasteiger charge is -2.30. The van der Waals surface area contributed by atoms with Crippen LogP contribution in [0.1, 0.15) is 12.8 Å². The number of benzene rings is 1. The standard InChI is InChI=1S/C13H14BrN3O5/c14-9-4-10(6-11(5-9)17(21)22)15-13(20)16-3-1-2-8(7-16)12(18)19/h4-6,8H,1-3,7H2,(H,15,20)(H,18,19). The summed E-state index contributed by atoms with van der Waals surface area (Å²) in [5.74, 6) is -1.49. The van der Waals surface area contributed by atoms with Crippen molar-refractivity contribution < 1.29 is 19.6 Å². The van der Waals surface area contributed by atoms with Crippen LogP contribution in [0.15, 0.2) is 22.7 Å². The molecule has 0 aliphatic carbocycles. The van der Waals surface area contributed by atoms with Crippen LogP contribution in [0.4, 0.5) is 16.2 Å². The number of urea groups is 1. The molecule has 1 heterocycles. The lowest BCUT2D eigenvalue weighted by Crippen LogP contribution is -2.44. The number of aliphatic carboxylic acids is 1. The Morgan fingerprint density at radius 3 is 2.77 bits per heavy atom. The molecule has 9 heteroatoms. The van der Waals surface area contributed by atoms with Crippen LogP contribution in [0.2, 0.25) is 0 Å². The van der Waals surface area contributed by atoms with E-state index in [9.17, 15) is 19.7 Å². The quantitative estimate of drug-likeness (QED) is 0.626. The SMILES string of the molecule is O=C(O)C1CCCN(C(=O)Nc2cc(Br)cc([N+](=O)[O-])c2)C1. The van der Waals surface area contributed by atoms with E-state index in [2.05, 4.69) is 21.2 Å². The summed E-state index contributed by atoms with van der Waals surface area (Å²) in [5.41, 5.74) is 0.134.